The Morgan fingerprint density at radius 3 is 2.46 bits per heavy atom. The average molecular weight is 724 g/mol. The summed E-state index contributed by atoms with van der Waals surface area (Å²) in [4.78, 5) is 97.0. The van der Waals surface area contributed by atoms with Crippen LogP contribution < -0.4 is 22.1 Å². The maximum absolute atomic E-state index is 12.7. The van der Waals surface area contributed by atoms with E-state index in [1.54, 1.807) is 13.8 Å². The number of hydrogen-bond donors (Lipinski definition) is 5. The molecule has 0 saturated carbocycles. The quantitative estimate of drug-likeness (QED) is 0.109. The monoisotopic (exact) mass is 723 g/mol. The van der Waals surface area contributed by atoms with Gasteiger partial charge in [-0.25, -0.2) is 9.78 Å². The first kappa shape index (κ1) is 37.1. The number of imidazole rings is 1. The van der Waals surface area contributed by atoms with Crippen molar-refractivity contribution < 1.29 is 47.6 Å². The Hall–Kier alpha value is -4.17. The molecule has 2 aliphatic heterocycles. The number of aromatic amines is 2. The molecule has 20 nitrogen and oxygen atoms in total. The first-order valence-corrected chi connectivity index (χ1v) is 16.9. The number of hydrogen-bond acceptors (Lipinski definition) is 15. The number of aliphatic hydroxyl groups is 1. The molecule has 3 aromatic heterocycles. The van der Waals surface area contributed by atoms with Crippen molar-refractivity contribution in [3.8, 4) is 0 Å². The van der Waals surface area contributed by atoms with Gasteiger partial charge in [-0.3, -0.25) is 43.6 Å². The minimum atomic E-state index is -2.63. The van der Waals surface area contributed by atoms with Crippen LogP contribution >= 0.6 is 8.60 Å². The van der Waals surface area contributed by atoms with E-state index in [1.165, 1.54) is 30.9 Å². The molecule has 7 atom stereocenters. The zero-order chi connectivity index (χ0) is 36.3. The van der Waals surface area contributed by atoms with E-state index >= 15 is 0 Å². The lowest BCUT2D eigenvalue weighted by atomic mass is 10.2. The van der Waals surface area contributed by atoms with Crippen molar-refractivity contribution in [2.24, 2.45) is 5.92 Å². The number of carbonyl (C=O) groups is 3. The summed E-state index contributed by atoms with van der Waals surface area (Å²) < 4.78 is 31.4. The number of aliphatic hydroxyl groups excluding tert-OH is 1. The largest absolute Gasteiger partial charge is 0.459 e. The zero-order valence-electron chi connectivity index (χ0n) is 27.6. The number of aryl methyl sites for hydroxylation is 1. The van der Waals surface area contributed by atoms with Crippen LogP contribution in [0.2, 0.25) is 0 Å². The maximum atomic E-state index is 12.7. The summed E-state index contributed by atoms with van der Waals surface area (Å²) in [5.74, 6) is -1.74. The predicted molar refractivity (Wildman–Crippen MR) is 172 cm³/mol. The van der Waals surface area contributed by atoms with E-state index in [9.17, 15) is 38.8 Å². The van der Waals surface area contributed by atoms with Gasteiger partial charge < -0.3 is 38.1 Å². The summed E-state index contributed by atoms with van der Waals surface area (Å²) in [7, 11) is -2.63. The summed E-state index contributed by atoms with van der Waals surface area (Å²) in [5, 5.41) is 12.4. The molecule has 0 radical (unpaired) electrons. The van der Waals surface area contributed by atoms with Gasteiger partial charge >= 0.3 is 20.3 Å². The first-order valence-electron chi connectivity index (χ1n) is 15.7. The van der Waals surface area contributed by atoms with E-state index < -0.39 is 74.9 Å². The van der Waals surface area contributed by atoms with Gasteiger partial charge in [-0.2, -0.15) is 4.98 Å². The Morgan fingerprint density at radius 2 is 1.76 bits per heavy atom. The lowest BCUT2D eigenvalue weighted by Crippen LogP contribution is -2.33. The molecule has 272 valence electrons. The molecule has 0 aliphatic carbocycles. The highest BCUT2D eigenvalue weighted by molar-refractivity contribution is 7.40. The normalized spacial score (nSPS) is 24.1. The van der Waals surface area contributed by atoms with Crippen molar-refractivity contribution in [3.05, 3.63) is 49.3 Å². The van der Waals surface area contributed by atoms with Gasteiger partial charge in [0, 0.05) is 36.9 Å². The van der Waals surface area contributed by atoms with Gasteiger partial charge in [0.2, 0.25) is 11.9 Å². The lowest BCUT2D eigenvalue weighted by Gasteiger charge is -2.22. The van der Waals surface area contributed by atoms with Gasteiger partial charge in [0.1, 0.15) is 36.6 Å². The van der Waals surface area contributed by atoms with Crippen LogP contribution in [0.5, 0.6) is 0 Å². The van der Waals surface area contributed by atoms with Crippen LogP contribution in [0, 0.1) is 12.8 Å². The summed E-state index contributed by atoms with van der Waals surface area (Å²) in [6.07, 6.45) is -3.09. The molecule has 21 heteroatoms. The second kappa shape index (κ2) is 15.8. The van der Waals surface area contributed by atoms with Crippen molar-refractivity contribution in [3.63, 3.8) is 0 Å². The van der Waals surface area contributed by atoms with Gasteiger partial charge in [0.05, 0.1) is 32.1 Å². The van der Waals surface area contributed by atoms with E-state index in [2.05, 4.69) is 25.3 Å². The molecule has 0 bridgehead atoms. The predicted octanol–water partition coefficient (Wildman–Crippen LogP) is 0.0420. The Kier molecular flexibility index (Phi) is 11.7. The molecule has 1 unspecified atom stereocenters. The highest BCUT2D eigenvalue weighted by atomic mass is 31.2. The van der Waals surface area contributed by atoms with E-state index in [-0.39, 0.29) is 72.6 Å². The van der Waals surface area contributed by atoms with Gasteiger partial charge in [0.25, 0.3) is 11.1 Å². The number of nitrogens with one attached hydrogen (secondary N) is 3. The number of ether oxygens (including phenoxy) is 3. The standard InChI is InChI=1S/C29H38N7O13P/c1-13(2)25(40)32-28-31-24-23(27(42)33-28)30-12-36(24)21-7-16(48-22(39)6-5-15(4)38)19(47-21)11-45-50(44)49-17-8-20(46-18(17)10-37)35-9-14(3)26(41)34-29(35)43/h9,12-13,16-21,37,44H,5-8,10-11H2,1-4H3,(H,34,41,43)(H2,31,32,33,40,42)/t16-,17-,18+,19+,20+,21+,50?/m0/s1. The molecule has 0 spiro atoms. The van der Waals surface area contributed by atoms with Crippen LogP contribution in [0.25, 0.3) is 11.2 Å². The average Bonchev–Trinajstić information content (AvgIpc) is 3.77. The summed E-state index contributed by atoms with van der Waals surface area (Å²) in [6.45, 7) is 5.35. The first-order chi connectivity index (χ1) is 23.7. The lowest BCUT2D eigenvalue weighted by molar-refractivity contribution is -0.153. The van der Waals surface area contributed by atoms with Crippen LogP contribution in [0.15, 0.2) is 26.9 Å². The number of nitrogens with zero attached hydrogens (tertiary/aromatic N) is 4. The number of aromatic nitrogens is 6. The number of ketones is 1. The number of amides is 1. The van der Waals surface area contributed by atoms with Crippen LogP contribution in [-0.4, -0.2) is 94.4 Å². The van der Waals surface area contributed by atoms with Gasteiger partial charge in [-0.1, -0.05) is 13.8 Å². The minimum Gasteiger partial charge on any atom is -0.459 e. The third kappa shape index (κ3) is 8.58. The summed E-state index contributed by atoms with van der Waals surface area (Å²) in [6, 6.07) is 0. The number of fused-ring (bicyclic) bond motifs is 1. The Labute approximate surface area is 284 Å². The number of anilines is 1. The highest BCUT2D eigenvalue weighted by Gasteiger charge is 2.42. The van der Waals surface area contributed by atoms with Crippen LogP contribution in [0.3, 0.4) is 0 Å². The van der Waals surface area contributed by atoms with Crippen molar-refractivity contribution in [2.75, 3.05) is 18.5 Å². The number of esters is 1. The minimum absolute atomic E-state index is 0.0250. The SMILES string of the molecule is CC(=O)CCC(=O)O[C@H]1C[C@H](n2cnc3c(=O)[nH]c(NC(=O)C(C)C)nc32)O[C@@H]1COP(O)O[C@H]1C[C@H](n2cc(C)c(=O)[nH]c2=O)O[C@@H]1CO. The van der Waals surface area contributed by atoms with Gasteiger partial charge in [-0.15, -0.1) is 0 Å². The molecule has 2 aliphatic rings. The third-order valence-electron chi connectivity index (χ3n) is 8.04. The molecular weight excluding hydrogens is 685 g/mol. The van der Waals surface area contributed by atoms with Crippen LogP contribution in [0.4, 0.5) is 5.95 Å². The van der Waals surface area contributed by atoms with Gasteiger partial charge in [-0.05, 0) is 13.8 Å². The van der Waals surface area contributed by atoms with Crippen molar-refractivity contribution in [2.45, 2.75) is 90.2 Å². The van der Waals surface area contributed by atoms with Crippen molar-refractivity contribution >= 4 is 43.4 Å². The number of Topliss-reactive ketones (excluding diaryl/α,β-unsaturated/α-hetero) is 1. The summed E-state index contributed by atoms with van der Waals surface area (Å²) >= 11 is 0. The number of carbonyl (C=O) groups excluding carboxylic acids is 3. The van der Waals surface area contributed by atoms with E-state index in [4.69, 9.17) is 23.3 Å². The second-order valence-electron chi connectivity index (χ2n) is 12.2. The molecule has 5 rings (SSSR count). The second-order valence-corrected chi connectivity index (χ2v) is 13.1. The molecule has 5 N–H and O–H groups in total. The Balaban J connectivity index is 1.29. The van der Waals surface area contributed by atoms with Crippen molar-refractivity contribution in [1.82, 2.24) is 29.1 Å². The molecular formula is C29H38N7O13P. The van der Waals surface area contributed by atoms with E-state index in [0.29, 0.717) is 0 Å². The molecule has 3 aromatic rings. The number of H-pyrrole nitrogens is 2. The van der Waals surface area contributed by atoms with Crippen LogP contribution in [0.1, 0.15) is 64.5 Å². The summed E-state index contributed by atoms with van der Waals surface area (Å²) in [5.41, 5.74) is -1.57. The molecule has 5 heterocycles. The smallest absolute Gasteiger partial charge is 0.330 e. The van der Waals surface area contributed by atoms with Gasteiger partial charge in [0.15, 0.2) is 11.2 Å². The fourth-order valence-electron chi connectivity index (χ4n) is 5.34. The van der Waals surface area contributed by atoms with E-state index in [0.717, 1.165) is 4.57 Å². The topological polar surface area (TPSA) is 268 Å². The fourth-order valence-corrected chi connectivity index (χ4v) is 6.13. The molecule has 50 heavy (non-hydrogen) atoms. The van der Waals surface area contributed by atoms with Crippen LogP contribution in [-0.2, 0) is 37.6 Å². The molecule has 0 aromatic carbocycles. The maximum Gasteiger partial charge on any atom is 0.330 e. The Morgan fingerprint density at radius 1 is 1.06 bits per heavy atom. The molecule has 1 amide bonds. The zero-order valence-corrected chi connectivity index (χ0v) is 28.5. The van der Waals surface area contributed by atoms with Crippen molar-refractivity contribution in [1.29, 1.82) is 0 Å². The highest BCUT2D eigenvalue weighted by Crippen LogP contribution is 2.42. The Bertz CT molecular complexity index is 1910. The fraction of sp³-hybridized carbons (Fsp3) is 0.586. The molecule has 2 saturated heterocycles. The third-order valence-corrected chi connectivity index (χ3v) is 8.87. The van der Waals surface area contributed by atoms with E-state index in [1.807, 2.05) is 0 Å². The molecule has 2 fully saturated rings. The number of rotatable bonds is 14.